The molecule has 0 bridgehead atoms. The maximum atomic E-state index is 12.6. The van der Waals surface area contributed by atoms with E-state index in [1.54, 1.807) is 24.3 Å². The predicted octanol–water partition coefficient (Wildman–Crippen LogP) is 3.62. The summed E-state index contributed by atoms with van der Waals surface area (Å²) in [4.78, 5) is 12.5. The van der Waals surface area contributed by atoms with Gasteiger partial charge in [0.25, 0.3) is 10.0 Å². The summed E-state index contributed by atoms with van der Waals surface area (Å²) < 4.78 is 27.8. The number of piperidine rings is 1. The second kappa shape index (κ2) is 8.52. The number of thiophene rings is 1. The Morgan fingerprint density at radius 3 is 2.44 bits per heavy atom. The number of hydrogen-bond acceptors (Lipinski definition) is 5. The van der Waals surface area contributed by atoms with Crippen molar-refractivity contribution in [3.63, 3.8) is 0 Å². The van der Waals surface area contributed by atoms with Crippen molar-refractivity contribution in [3.05, 3.63) is 45.7 Å². The molecule has 0 saturated carbocycles. The summed E-state index contributed by atoms with van der Waals surface area (Å²) in [7, 11) is -3.50. The van der Waals surface area contributed by atoms with Gasteiger partial charge in [0.05, 0.1) is 16.3 Å². The maximum absolute atomic E-state index is 12.6. The first-order valence-corrected chi connectivity index (χ1v) is 11.5. The van der Waals surface area contributed by atoms with E-state index in [0.717, 1.165) is 9.35 Å². The van der Waals surface area contributed by atoms with Crippen LogP contribution < -0.4 is 5.32 Å². The third-order valence-corrected chi connectivity index (χ3v) is 8.46. The summed E-state index contributed by atoms with van der Waals surface area (Å²) in [5.74, 6) is -0.316. The first-order valence-electron chi connectivity index (χ1n) is 8.42. The summed E-state index contributed by atoms with van der Waals surface area (Å²) in [6.45, 7) is 0.661. The lowest BCUT2D eigenvalue weighted by Crippen LogP contribution is -2.41. The molecular weight excluding hydrogens is 450 g/mol. The first-order chi connectivity index (χ1) is 12.9. The van der Waals surface area contributed by atoms with E-state index < -0.39 is 10.0 Å². The molecule has 1 aliphatic heterocycles. The molecule has 0 aliphatic carbocycles. The van der Waals surface area contributed by atoms with E-state index in [9.17, 15) is 13.2 Å². The molecule has 3 rings (SSSR count). The van der Waals surface area contributed by atoms with E-state index in [1.165, 1.54) is 15.6 Å². The Hall–Kier alpha value is -1.73. The number of hydrogen-bond donors (Lipinski definition) is 1. The van der Waals surface area contributed by atoms with Gasteiger partial charge in [0.2, 0.25) is 5.91 Å². The van der Waals surface area contributed by atoms with Crippen LogP contribution in [0.3, 0.4) is 0 Å². The van der Waals surface area contributed by atoms with E-state index in [4.69, 9.17) is 5.26 Å². The first kappa shape index (κ1) is 20.0. The van der Waals surface area contributed by atoms with E-state index >= 15 is 0 Å². The summed E-state index contributed by atoms with van der Waals surface area (Å²) in [6.07, 6.45) is 1.32. The van der Waals surface area contributed by atoms with Crippen LogP contribution >= 0.6 is 27.3 Å². The van der Waals surface area contributed by atoms with Crippen molar-refractivity contribution >= 4 is 48.9 Å². The summed E-state index contributed by atoms with van der Waals surface area (Å²) in [6, 6.07) is 12.6. The zero-order valence-electron chi connectivity index (χ0n) is 14.4. The van der Waals surface area contributed by atoms with Crippen molar-refractivity contribution in [2.45, 2.75) is 23.5 Å². The topological polar surface area (TPSA) is 90.3 Å². The van der Waals surface area contributed by atoms with Gasteiger partial charge in [-0.1, -0.05) is 12.1 Å². The van der Waals surface area contributed by atoms with Crippen LogP contribution in [0.4, 0.5) is 5.69 Å². The molecule has 142 valence electrons. The molecule has 1 fully saturated rings. The molecule has 1 N–H and O–H groups in total. The fraction of sp³-hybridized carbons (Fsp3) is 0.333. The molecular formula is C18H18BrN3O3S2. The lowest BCUT2D eigenvalue weighted by atomic mass is 9.97. The Morgan fingerprint density at radius 2 is 1.89 bits per heavy atom. The molecule has 2 aromatic rings. The highest BCUT2D eigenvalue weighted by Gasteiger charge is 2.32. The quantitative estimate of drug-likeness (QED) is 0.726. The number of carbonyl (C=O) groups is 1. The van der Waals surface area contributed by atoms with E-state index in [2.05, 4.69) is 27.3 Å². The minimum atomic E-state index is -3.50. The van der Waals surface area contributed by atoms with Crippen LogP contribution in [0.5, 0.6) is 0 Å². The number of amides is 1. The van der Waals surface area contributed by atoms with Gasteiger partial charge in [0.1, 0.15) is 4.21 Å². The number of sulfonamides is 1. The average Bonchev–Trinajstić information content (AvgIpc) is 3.11. The number of nitrogens with one attached hydrogen (secondary N) is 1. The molecule has 0 radical (unpaired) electrons. The second-order valence-electron chi connectivity index (χ2n) is 6.26. The number of nitriles is 1. The standard InChI is InChI=1S/C18H18BrN3O3S2/c19-16-5-6-17(26-16)27(24,25)22-11-8-14(9-12-22)18(23)21-15-3-1-13(2-4-15)7-10-20/h1-6,14H,7-9,11-12H2,(H,21,23). The zero-order valence-corrected chi connectivity index (χ0v) is 17.6. The van der Waals surface area contributed by atoms with Crippen molar-refractivity contribution in [2.75, 3.05) is 18.4 Å². The van der Waals surface area contributed by atoms with Crippen molar-refractivity contribution in [1.29, 1.82) is 5.26 Å². The summed E-state index contributed by atoms with van der Waals surface area (Å²) >= 11 is 4.48. The molecule has 1 amide bonds. The zero-order chi connectivity index (χ0) is 19.4. The van der Waals surface area contributed by atoms with Crippen LogP contribution in [-0.2, 0) is 21.2 Å². The fourth-order valence-electron chi connectivity index (χ4n) is 2.96. The van der Waals surface area contributed by atoms with Gasteiger partial charge >= 0.3 is 0 Å². The van der Waals surface area contributed by atoms with Gasteiger partial charge in [0.15, 0.2) is 0 Å². The Morgan fingerprint density at radius 1 is 1.22 bits per heavy atom. The molecule has 0 unspecified atom stereocenters. The third-order valence-electron chi connectivity index (χ3n) is 4.47. The molecule has 9 heteroatoms. The number of benzene rings is 1. The molecule has 1 aliphatic rings. The van der Waals surface area contributed by atoms with Gasteiger partial charge in [-0.05, 0) is 58.6 Å². The lowest BCUT2D eigenvalue weighted by Gasteiger charge is -2.30. The second-order valence-corrected chi connectivity index (χ2v) is 10.9. The van der Waals surface area contributed by atoms with Crippen molar-refractivity contribution in [1.82, 2.24) is 4.31 Å². The summed E-state index contributed by atoms with van der Waals surface area (Å²) in [5.41, 5.74) is 1.58. The number of halogens is 1. The van der Waals surface area contributed by atoms with Gasteiger partial charge in [-0.15, -0.1) is 11.3 Å². The molecule has 0 spiro atoms. The van der Waals surface area contributed by atoms with Gasteiger partial charge in [-0.2, -0.15) is 9.57 Å². The van der Waals surface area contributed by atoms with Crippen LogP contribution in [-0.4, -0.2) is 31.7 Å². The number of nitrogens with zero attached hydrogens (tertiary/aromatic N) is 2. The monoisotopic (exact) mass is 467 g/mol. The number of anilines is 1. The Kier molecular flexibility index (Phi) is 6.32. The third kappa shape index (κ3) is 4.76. The SMILES string of the molecule is N#CCc1ccc(NC(=O)C2CCN(S(=O)(=O)c3ccc(Br)s3)CC2)cc1. The largest absolute Gasteiger partial charge is 0.326 e. The highest BCUT2D eigenvalue weighted by molar-refractivity contribution is 9.11. The van der Waals surface area contributed by atoms with Crippen molar-refractivity contribution in [2.24, 2.45) is 5.92 Å². The molecule has 1 aromatic heterocycles. The van der Waals surface area contributed by atoms with Gasteiger partial charge < -0.3 is 5.32 Å². The van der Waals surface area contributed by atoms with Crippen LogP contribution in [0.1, 0.15) is 18.4 Å². The highest BCUT2D eigenvalue weighted by atomic mass is 79.9. The van der Waals surface area contributed by atoms with Crippen molar-refractivity contribution in [3.8, 4) is 6.07 Å². The summed E-state index contributed by atoms with van der Waals surface area (Å²) in [5, 5.41) is 11.6. The molecule has 6 nitrogen and oxygen atoms in total. The average molecular weight is 468 g/mol. The van der Waals surface area contributed by atoms with E-state index in [0.29, 0.717) is 42.2 Å². The van der Waals surface area contributed by atoms with Gasteiger partial charge in [-0.3, -0.25) is 4.79 Å². The maximum Gasteiger partial charge on any atom is 0.252 e. The van der Waals surface area contributed by atoms with Crippen LogP contribution in [0, 0.1) is 17.2 Å². The van der Waals surface area contributed by atoms with Gasteiger partial charge in [-0.25, -0.2) is 8.42 Å². The Bertz CT molecular complexity index is 956. The van der Waals surface area contributed by atoms with E-state index in [1.807, 2.05) is 12.1 Å². The van der Waals surface area contributed by atoms with Crippen LogP contribution in [0.2, 0.25) is 0 Å². The molecule has 2 heterocycles. The van der Waals surface area contributed by atoms with Crippen LogP contribution in [0.25, 0.3) is 0 Å². The molecule has 1 saturated heterocycles. The van der Waals surface area contributed by atoms with Gasteiger partial charge in [0, 0.05) is 24.7 Å². The Labute approximate surface area is 171 Å². The minimum Gasteiger partial charge on any atom is -0.326 e. The number of carbonyl (C=O) groups excluding carboxylic acids is 1. The fourth-order valence-corrected chi connectivity index (χ4v) is 6.60. The highest BCUT2D eigenvalue weighted by Crippen LogP contribution is 2.31. The van der Waals surface area contributed by atoms with E-state index in [-0.39, 0.29) is 11.8 Å². The normalized spacial score (nSPS) is 16.0. The molecule has 27 heavy (non-hydrogen) atoms. The Balaban J connectivity index is 1.57. The lowest BCUT2D eigenvalue weighted by molar-refractivity contribution is -0.120. The van der Waals surface area contributed by atoms with Crippen molar-refractivity contribution < 1.29 is 13.2 Å². The minimum absolute atomic E-state index is 0.0982. The molecule has 1 aromatic carbocycles. The predicted molar refractivity (Wildman–Crippen MR) is 108 cm³/mol. The smallest absolute Gasteiger partial charge is 0.252 e. The van der Waals surface area contributed by atoms with Crippen LogP contribution in [0.15, 0.2) is 44.4 Å². The molecule has 0 atom stereocenters. The number of rotatable bonds is 5.